The van der Waals surface area contributed by atoms with Crippen molar-refractivity contribution in [1.29, 1.82) is 0 Å². The highest BCUT2D eigenvalue weighted by Crippen LogP contribution is 2.22. The lowest BCUT2D eigenvalue weighted by molar-refractivity contribution is 0.174. The van der Waals surface area contributed by atoms with Crippen molar-refractivity contribution < 1.29 is 8.42 Å². The van der Waals surface area contributed by atoms with Gasteiger partial charge in [0, 0.05) is 38.8 Å². The van der Waals surface area contributed by atoms with Crippen molar-refractivity contribution in [3.05, 3.63) is 35.4 Å². The van der Waals surface area contributed by atoms with Gasteiger partial charge >= 0.3 is 0 Å². The summed E-state index contributed by atoms with van der Waals surface area (Å²) in [6, 6.07) is 8.81. The molecule has 3 rings (SSSR count). The van der Waals surface area contributed by atoms with Crippen LogP contribution in [0, 0.1) is 5.92 Å². The molecule has 2 aliphatic heterocycles. The van der Waals surface area contributed by atoms with Gasteiger partial charge in [-0.25, -0.2) is 4.72 Å². The van der Waals surface area contributed by atoms with Gasteiger partial charge in [-0.15, -0.1) is 0 Å². The zero-order valence-corrected chi connectivity index (χ0v) is 16.3. The van der Waals surface area contributed by atoms with Gasteiger partial charge in [-0.2, -0.15) is 12.7 Å². The molecule has 2 heterocycles. The van der Waals surface area contributed by atoms with Gasteiger partial charge < -0.3 is 0 Å². The Hall–Kier alpha value is -0.950. The van der Waals surface area contributed by atoms with E-state index in [0.717, 1.165) is 38.8 Å². The second-order valence-corrected chi connectivity index (χ2v) is 9.27. The van der Waals surface area contributed by atoms with Crippen LogP contribution in [0.4, 0.5) is 0 Å². The Morgan fingerprint density at radius 2 is 2.00 bits per heavy atom. The summed E-state index contributed by atoms with van der Waals surface area (Å²) in [7, 11) is -3.36. The van der Waals surface area contributed by atoms with Crippen molar-refractivity contribution in [2.24, 2.45) is 5.92 Å². The van der Waals surface area contributed by atoms with Crippen molar-refractivity contribution in [3.8, 4) is 0 Å². The van der Waals surface area contributed by atoms with E-state index in [-0.39, 0.29) is 6.04 Å². The van der Waals surface area contributed by atoms with E-state index >= 15 is 0 Å². The molecule has 0 amide bonds. The van der Waals surface area contributed by atoms with E-state index in [0.29, 0.717) is 25.6 Å². The van der Waals surface area contributed by atoms with Gasteiger partial charge in [0.25, 0.3) is 10.2 Å². The summed E-state index contributed by atoms with van der Waals surface area (Å²) in [6.45, 7) is 7.96. The van der Waals surface area contributed by atoms with Gasteiger partial charge in [0.2, 0.25) is 0 Å². The maximum Gasteiger partial charge on any atom is 0.279 e. The molecule has 140 valence electrons. The molecule has 0 bridgehead atoms. The Morgan fingerprint density at radius 3 is 2.72 bits per heavy atom. The quantitative estimate of drug-likeness (QED) is 0.842. The zero-order valence-electron chi connectivity index (χ0n) is 15.4. The van der Waals surface area contributed by atoms with Crippen molar-refractivity contribution >= 4 is 10.2 Å². The standard InChI is InChI=1S/C19H31N3O2S/c1-3-19(21-12-10-17-8-4-5-9-18(17)15-21)13-20-25(23,24)22-11-6-7-16(2)14-22/h4-5,8-9,16,19-20H,3,6-7,10-15H2,1-2H3. The third-order valence-corrected chi connectivity index (χ3v) is 7.15. The fraction of sp³-hybridized carbons (Fsp3) is 0.684. The van der Waals surface area contributed by atoms with Crippen molar-refractivity contribution in [2.75, 3.05) is 26.2 Å². The second kappa shape index (κ2) is 8.16. The highest BCUT2D eigenvalue weighted by atomic mass is 32.2. The highest BCUT2D eigenvalue weighted by molar-refractivity contribution is 7.87. The molecule has 1 N–H and O–H groups in total. The molecule has 25 heavy (non-hydrogen) atoms. The van der Waals surface area contributed by atoms with E-state index in [4.69, 9.17) is 0 Å². The highest BCUT2D eigenvalue weighted by Gasteiger charge is 2.29. The Kier molecular flexibility index (Phi) is 6.15. The summed E-state index contributed by atoms with van der Waals surface area (Å²) in [5, 5.41) is 0. The van der Waals surface area contributed by atoms with Crippen LogP contribution in [0.3, 0.4) is 0 Å². The topological polar surface area (TPSA) is 52.7 Å². The van der Waals surface area contributed by atoms with Crippen LogP contribution in [0.25, 0.3) is 0 Å². The van der Waals surface area contributed by atoms with Gasteiger partial charge in [-0.05, 0) is 42.7 Å². The van der Waals surface area contributed by atoms with Crippen molar-refractivity contribution in [1.82, 2.24) is 13.9 Å². The molecule has 2 unspecified atom stereocenters. The van der Waals surface area contributed by atoms with Crippen molar-refractivity contribution in [2.45, 2.75) is 52.1 Å². The number of benzene rings is 1. The van der Waals surface area contributed by atoms with E-state index in [2.05, 4.69) is 47.7 Å². The second-order valence-electron chi connectivity index (χ2n) is 7.51. The molecule has 1 aromatic carbocycles. The first-order valence-electron chi connectivity index (χ1n) is 9.55. The molecule has 2 atom stereocenters. The van der Waals surface area contributed by atoms with E-state index in [9.17, 15) is 8.42 Å². The molecule has 0 aliphatic carbocycles. The number of fused-ring (bicyclic) bond motifs is 1. The Bertz CT molecular complexity index is 677. The van der Waals surface area contributed by atoms with Gasteiger partial charge in [0.15, 0.2) is 0 Å². The lowest BCUT2D eigenvalue weighted by Crippen LogP contribution is -2.50. The van der Waals surface area contributed by atoms with E-state index < -0.39 is 10.2 Å². The van der Waals surface area contributed by atoms with Crippen LogP contribution in [0.15, 0.2) is 24.3 Å². The molecule has 0 spiro atoms. The fourth-order valence-corrected chi connectivity index (χ4v) is 5.42. The molecule has 0 radical (unpaired) electrons. The van der Waals surface area contributed by atoms with E-state index in [1.807, 2.05) is 0 Å². The number of nitrogens with one attached hydrogen (secondary N) is 1. The van der Waals surface area contributed by atoms with Crippen LogP contribution in [-0.2, 0) is 23.2 Å². The lowest BCUT2D eigenvalue weighted by Gasteiger charge is -2.36. The largest absolute Gasteiger partial charge is 0.295 e. The Labute approximate surface area is 152 Å². The lowest BCUT2D eigenvalue weighted by atomic mass is 9.98. The number of hydrogen-bond donors (Lipinski definition) is 1. The average molecular weight is 366 g/mol. The maximum absolute atomic E-state index is 12.6. The predicted octanol–water partition coefficient (Wildman–Crippen LogP) is 2.39. The first-order valence-corrected chi connectivity index (χ1v) is 11.0. The van der Waals surface area contributed by atoms with Gasteiger partial charge in [-0.3, -0.25) is 4.90 Å². The minimum atomic E-state index is -3.36. The average Bonchev–Trinajstić information content (AvgIpc) is 2.62. The molecule has 2 aliphatic rings. The Morgan fingerprint density at radius 1 is 1.24 bits per heavy atom. The third kappa shape index (κ3) is 4.61. The van der Waals surface area contributed by atoms with Crippen LogP contribution in [0.1, 0.15) is 44.2 Å². The van der Waals surface area contributed by atoms with Crippen LogP contribution in [-0.4, -0.2) is 49.8 Å². The SMILES string of the molecule is CCC(CNS(=O)(=O)N1CCCC(C)C1)N1CCc2ccccc2C1. The van der Waals surface area contributed by atoms with Crippen molar-refractivity contribution in [3.63, 3.8) is 0 Å². The minimum absolute atomic E-state index is 0.241. The summed E-state index contributed by atoms with van der Waals surface area (Å²) in [5.74, 6) is 0.450. The Balaban J connectivity index is 1.59. The first-order chi connectivity index (χ1) is 12.0. The van der Waals surface area contributed by atoms with Gasteiger partial charge in [0.1, 0.15) is 0 Å². The predicted molar refractivity (Wildman–Crippen MR) is 102 cm³/mol. The number of piperidine rings is 1. The number of nitrogens with zero attached hydrogens (tertiary/aromatic N) is 2. The smallest absolute Gasteiger partial charge is 0.279 e. The first kappa shape index (κ1) is 18.8. The normalized spacial score (nSPS) is 24.0. The van der Waals surface area contributed by atoms with Crippen LogP contribution < -0.4 is 4.72 Å². The molecule has 6 heteroatoms. The molecule has 1 fully saturated rings. The monoisotopic (exact) mass is 365 g/mol. The molecular weight excluding hydrogens is 334 g/mol. The molecule has 1 saturated heterocycles. The van der Waals surface area contributed by atoms with E-state index in [1.54, 1.807) is 4.31 Å². The summed E-state index contributed by atoms with van der Waals surface area (Å²) in [4.78, 5) is 2.42. The van der Waals surface area contributed by atoms with E-state index in [1.165, 1.54) is 11.1 Å². The number of hydrogen-bond acceptors (Lipinski definition) is 3. The van der Waals surface area contributed by atoms with Crippen LogP contribution in [0.2, 0.25) is 0 Å². The summed E-state index contributed by atoms with van der Waals surface area (Å²) in [5.41, 5.74) is 2.80. The van der Waals surface area contributed by atoms with Gasteiger partial charge in [0.05, 0.1) is 0 Å². The van der Waals surface area contributed by atoms with Gasteiger partial charge in [-0.1, -0.05) is 38.1 Å². The summed E-state index contributed by atoms with van der Waals surface area (Å²) >= 11 is 0. The van der Waals surface area contributed by atoms with Crippen LogP contribution in [0.5, 0.6) is 0 Å². The number of rotatable bonds is 6. The summed E-state index contributed by atoms with van der Waals surface area (Å²) in [6.07, 6.45) is 4.07. The maximum atomic E-state index is 12.6. The zero-order chi connectivity index (χ0) is 17.9. The third-order valence-electron chi connectivity index (χ3n) is 5.61. The fourth-order valence-electron chi connectivity index (χ4n) is 4.02. The molecule has 0 aromatic heterocycles. The molecule has 0 saturated carbocycles. The van der Waals surface area contributed by atoms with Crippen LogP contribution >= 0.6 is 0 Å². The molecular formula is C19H31N3O2S. The summed E-state index contributed by atoms with van der Waals surface area (Å²) < 4.78 is 29.8. The molecule has 5 nitrogen and oxygen atoms in total. The molecule has 1 aromatic rings. The minimum Gasteiger partial charge on any atom is -0.295 e.